The summed E-state index contributed by atoms with van der Waals surface area (Å²) in [5.41, 5.74) is 1.94. The molecule has 0 bridgehead atoms. The van der Waals surface area contributed by atoms with E-state index in [1.807, 2.05) is 19.2 Å². The van der Waals surface area contributed by atoms with Gasteiger partial charge in [0, 0.05) is 25.4 Å². The molecule has 0 fully saturated rings. The number of aromatic nitrogens is 2. The highest BCUT2D eigenvalue weighted by atomic mass is 16.3. The summed E-state index contributed by atoms with van der Waals surface area (Å²) >= 11 is 0. The Hall–Kier alpha value is -1.84. The van der Waals surface area contributed by atoms with Crippen LogP contribution < -0.4 is 4.90 Å². The molecule has 0 radical (unpaired) electrons. The van der Waals surface area contributed by atoms with Crippen molar-refractivity contribution in [3.05, 3.63) is 30.3 Å². The van der Waals surface area contributed by atoms with Crippen LogP contribution in [0.1, 0.15) is 32.4 Å². The lowest BCUT2D eigenvalue weighted by Gasteiger charge is -2.15. The standard InChI is InChI=1S/C14H19N3O/c1-5-17(4)13-8-11(6-7-15-13)14-16-12(9-18-14)10(2)3/h6-10H,5H2,1-4H3. The second-order valence-corrected chi connectivity index (χ2v) is 4.65. The van der Waals surface area contributed by atoms with Crippen LogP contribution in [0.5, 0.6) is 0 Å². The van der Waals surface area contributed by atoms with Gasteiger partial charge in [-0.05, 0) is 25.0 Å². The van der Waals surface area contributed by atoms with Crippen LogP contribution in [0.2, 0.25) is 0 Å². The summed E-state index contributed by atoms with van der Waals surface area (Å²) in [5.74, 6) is 1.97. The molecule has 4 nitrogen and oxygen atoms in total. The summed E-state index contributed by atoms with van der Waals surface area (Å²) in [4.78, 5) is 10.9. The zero-order valence-electron chi connectivity index (χ0n) is 11.3. The van der Waals surface area contributed by atoms with E-state index in [0.29, 0.717) is 11.8 Å². The largest absolute Gasteiger partial charge is 0.444 e. The van der Waals surface area contributed by atoms with Crippen LogP contribution in [0, 0.1) is 0 Å². The Kier molecular flexibility index (Phi) is 3.65. The van der Waals surface area contributed by atoms with Crippen molar-refractivity contribution in [1.82, 2.24) is 9.97 Å². The van der Waals surface area contributed by atoms with Crippen LogP contribution in [0.3, 0.4) is 0 Å². The van der Waals surface area contributed by atoms with Gasteiger partial charge in [-0.1, -0.05) is 13.8 Å². The maximum atomic E-state index is 5.52. The van der Waals surface area contributed by atoms with E-state index in [4.69, 9.17) is 4.42 Å². The van der Waals surface area contributed by atoms with Crippen LogP contribution in [0.25, 0.3) is 11.5 Å². The van der Waals surface area contributed by atoms with Gasteiger partial charge in [-0.2, -0.15) is 0 Å². The van der Waals surface area contributed by atoms with Gasteiger partial charge in [0.15, 0.2) is 0 Å². The number of oxazole rings is 1. The molecule has 0 atom stereocenters. The first kappa shape index (κ1) is 12.6. The molecular weight excluding hydrogens is 226 g/mol. The monoisotopic (exact) mass is 245 g/mol. The zero-order valence-corrected chi connectivity index (χ0v) is 11.3. The molecular formula is C14H19N3O. The molecule has 0 unspecified atom stereocenters. The molecule has 2 aromatic rings. The van der Waals surface area contributed by atoms with Crippen LogP contribution in [-0.2, 0) is 0 Å². The van der Waals surface area contributed by atoms with Crippen molar-refractivity contribution >= 4 is 5.82 Å². The molecule has 0 saturated carbocycles. The van der Waals surface area contributed by atoms with Gasteiger partial charge in [0.25, 0.3) is 0 Å². The van der Waals surface area contributed by atoms with Gasteiger partial charge in [0.05, 0.1) is 5.69 Å². The van der Waals surface area contributed by atoms with Crippen LogP contribution in [0.4, 0.5) is 5.82 Å². The Labute approximate surface area is 108 Å². The van der Waals surface area contributed by atoms with E-state index < -0.39 is 0 Å². The third-order valence-corrected chi connectivity index (χ3v) is 2.97. The maximum Gasteiger partial charge on any atom is 0.226 e. The fourth-order valence-electron chi connectivity index (χ4n) is 1.61. The van der Waals surface area contributed by atoms with Crippen molar-refractivity contribution in [1.29, 1.82) is 0 Å². The van der Waals surface area contributed by atoms with Crippen LogP contribution in [-0.4, -0.2) is 23.6 Å². The number of anilines is 1. The normalized spacial score (nSPS) is 10.9. The summed E-state index contributed by atoms with van der Waals surface area (Å²) in [5, 5.41) is 0. The third-order valence-electron chi connectivity index (χ3n) is 2.97. The minimum atomic E-state index is 0.377. The predicted molar refractivity (Wildman–Crippen MR) is 72.8 cm³/mol. The highest BCUT2D eigenvalue weighted by molar-refractivity contribution is 5.58. The summed E-state index contributed by atoms with van der Waals surface area (Å²) in [6, 6.07) is 3.92. The highest BCUT2D eigenvalue weighted by Crippen LogP contribution is 2.24. The SMILES string of the molecule is CCN(C)c1cc(-c2nc(C(C)C)co2)ccn1. The maximum absolute atomic E-state index is 5.52. The molecule has 0 aliphatic carbocycles. The van der Waals surface area contributed by atoms with Gasteiger partial charge < -0.3 is 9.32 Å². The topological polar surface area (TPSA) is 42.2 Å². The number of pyridine rings is 1. The Morgan fingerprint density at radius 1 is 1.39 bits per heavy atom. The molecule has 96 valence electrons. The number of nitrogens with zero attached hydrogens (tertiary/aromatic N) is 3. The Balaban J connectivity index is 2.32. The highest BCUT2D eigenvalue weighted by Gasteiger charge is 2.10. The van der Waals surface area contributed by atoms with Gasteiger partial charge in [0.1, 0.15) is 12.1 Å². The molecule has 0 aromatic carbocycles. The minimum Gasteiger partial charge on any atom is -0.444 e. The fourth-order valence-corrected chi connectivity index (χ4v) is 1.61. The van der Waals surface area contributed by atoms with Crippen molar-refractivity contribution in [2.24, 2.45) is 0 Å². The average Bonchev–Trinajstić information content (AvgIpc) is 2.88. The van der Waals surface area contributed by atoms with E-state index in [0.717, 1.165) is 23.6 Å². The average molecular weight is 245 g/mol. The van der Waals surface area contributed by atoms with E-state index >= 15 is 0 Å². The van der Waals surface area contributed by atoms with Crippen molar-refractivity contribution < 1.29 is 4.42 Å². The van der Waals surface area contributed by atoms with E-state index in [9.17, 15) is 0 Å². The first-order valence-corrected chi connectivity index (χ1v) is 6.24. The molecule has 0 aliphatic heterocycles. The lowest BCUT2D eigenvalue weighted by Crippen LogP contribution is -2.16. The number of hydrogen-bond acceptors (Lipinski definition) is 4. The molecule has 0 amide bonds. The van der Waals surface area contributed by atoms with E-state index in [1.54, 1.807) is 12.5 Å². The first-order valence-electron chi connectivity index (χ1n) is 6.24. The molecule has 0 aliphatic rings. The molecule has 0 N–H and O–H groups in total. The van der Waals surface area contributed by atoms with Gasteiger partial charge >= 0.3 is 0 Å². The molecule has 2 rings (SSSR count). The minimum absolute atomic E-state index is 0.377. The Morgan fingerprint density at radius 3 is 2.78 bits per heavy atom. The molecule has 2 heterocycles. The van der Waals surface area contributed by atoms with Crippen molar-refractivity contribution in [3.8, 4) is 11.5 Å². The smallest absolute Gasteiger partial charge is 0.226 e. The van der Waals surface area contributed by atoms with Gasteiger partial charge in [-0.15, -0.1) is 0 Å². The molecule has 18 heavy (non-hydrogen) atoms. The first-order chi connectivity index (χ1) is 8.61. The van der Waals surface area contributed by atoms with Crippen molar-refractivity contribution in [2.45, 2.75) is 26.7 Å². The predicted octanol–water partition coefficient (Wildman–Crippen LogP) is 3.32. The fraction of sp³-hybridized carbons (Fsp3) is 0.429. The Morgan fingerprint density at radius 2 is 2.17 bits per heavy atom. The third kappa shape index (κ3) is 2.53. The van der Waals surface area contributed by atoms with Crippen molar-refractivity contribution in [3.63, 3.8) is 0 Å². The van der Waals surface area contributed by atoms with E-state index in [1.165, 1.54) is 0 Å². The van der Waals surface area contributed by atoms with E-state index in [2.05, 4.69) is 35.6 Å². The second-order valence-electron chi connectivity index (χ2n) is 4.65. The van der Waals surface area contributed by atoms with Gasteiger partial charge in [-0.25, -0.2) is 9.97 Å². The summed E-state index contributed by atoms with van der Waals surface area (Å²) < 4.78 is 5.52. The van der Waals surface area contributed by atoms with Gasteiger partial charge in [0.2, 0.25) is 5.89 Å². The summed E-state index contributed by atoms with van der Waals surface area (Å²) in [7, 11) is 2.02. The Bertz CT molecular complexity index is 519. The van der Waals surface area contributed by atoms with Crippen LogP contribution >= 0.6 is 0 Å². The summed E-state index contributed by atoms with van der Waals surface area (Å²) in [6.07, 6.45) is 3.51. The molecule has 0 saturated heterocycles. The number of hydrogen-bond donors (Lipinski definition) is 0. The lowest BCUT2D eigenvalue weighted by atomic mass is 10.2. The second kappa shape index (κ2) is 5.21. The molecule has 0 spiro atoms. The number of rotatable bonds is 4. The quantitative estimate of drug-likeness (QED) is 0.828. The van der Waals surface area contributed by atoms with Gasteiger partial charge in [-0.3, -0.25) is 0 Å². The van der Waals surface area contributed by atoms with Crippen LogP contribution in [0.15, 0.2) is 29.0 Å². The zero-order chi connectivity index (χ0) is 13.1. The molecule has 2 aromatic heterocycles. The molecule has 4 heteroatoms. The summed E-state index contributed by atoms with van der Waals surface area (Å²) in [6.45, 7) is 7.21. The lowest BCUT2D eigenvalue weighted by molar-refractivity contribution is 0.571. The van der Waals surface area contributed by atoms with E-state index in [-0.39, 0.29) is 0 Å². The van der Waals surface area contributed by atoms with Crippen molar-refractivity contribution in [2.75, 3.05) is 18.5 Å².